The molecular formula is C54H38S2. The summed E-state index contributed by atoms with van der Waals surface area (Å²) in [6.45, 7) is 4.24. The van der Waals surface area contributed by atoms with Crippen LogP contribution in [-0.2, 0) is 0 Å². The van der Waals surface area contributed by atoms with Gasteiger partial charge in [0.15, 0.2) is 0 Å². The molecule has 0 spiro atoms. The molecule has 0 bridgehead atoms. The van der Waals surface area contributed by atoms with Crippen molar-refractivity contribution in [2.24, 2.45) is 0 Å². The van der Waals surface area contributed by atoms with Gasteiger partial charge in [0.05, 0.1) is 0 Å². The number of benzene rings is 8. The Morgan fingerprint density at radius 3 is 1.00 bits per heavy atom. The van der Waals surface area contributed by atoms with Crippen LogP contribution in [0.25, 0.3) is 98.0 Å². The van der Waals surface area contributed by atoms with Gasteiger partial charge in [-0.2, -0.15) is 0 Å². The summed E-state index contributed by atoms with van der Waals surface area (Å²) in [5.74, 6) is 0. The molecule has 0 aliphatic carbocycles. The largest absolute Gasteiger partial charge is 0.134 e. The number of fused-ring (bicyclic) bond motifs is 4. The molecule has 0 N–H and O–H groups in total. The summed E-state index contributed by atoms with van der Waals surface area (Å²) in [6, 6.07) is 63.0. The molecule has 0 saturated heterocycles. The topological polar surface area (TPSA) is 0 Å². The van der Waals surface area contributed by atoms with Crippen LogP contribution >= 0.6 is 22.7 Å². The maximum atomic E-state index is 2.34. The molecule has 0 saturated carbocycles. The molecule has 10 rings (SSSR count). The Labute approximate surface area is 336 Å². The summed E-state index contributed by atoms with van der Waals surface area (Å²) in [7, 11) is 0. The monoisotopic (exact) mass is 750 g/mol. The van der Waals surface area contributed by atoms with E-state index < -0.39 is 0 Å². The number of thiophene rings is 2. The minimum absolute atomic E-state index is 1.21. The van der Waals surface area contributed by atoms with Crippen molar-refractivity contribution in [1.29, 1.82) is 0 Å². The average molecular weight is 751 g/mol. The standard InChI is InChI=1S/C54H38S2/c1-35-3-7-37(8-4-35)11-13-39-15-17-41-31-49-33-45(21-19-43(49)29-47(41)27-39)51-23-25-53(55-51)54-26-24-52(56-54)46-22-20-44-30-48-28-40(16-18-42(48)32-50(44)34-46)14-12-38-9-5-36(2)6-10-38/h3-34H,1-2H3. The first-order valence-corrected chi connectivity index (χ1v) is 20.7. The summed E-state index contributed by atoms with van der Waals surface area (Å²) in [4.78, 5) is 5.19. The number of hydrogen-bond donors (Lipinski definition) is 0. The van der Waals surface area contributed by atoms with Crippen LogP contribution in [0.15, 0.2) is 170 Å². The Kier molecular flexibility index (Phi) is 8.79. The van der Waals surface area contributed by atoms with Gasteiger partial charge in [-0.05, 0) is 163 Å². The molecule has 0 atom stereocenters. The molecule has 10 aromatic rings. The van der Waals surface area contributed by atoms with Crippen LogP contribution in [0, 0.1) is 13.8 Å². The molecule has 0 aliphatic heterocycles. The highest BCUT2D eigenvalue weighted by Gasteiger charge is 2.11. The fourth-order valence-corrected chi connectivity index (χ4v) is 9.63. The van der Waals surface area contributed by atoms with Crippen LogP contribution in [0.5, 0.6) is 0 Å². The predicted molar refractivity (Wildman–Crippen MR) is 249 cm³/mol. The van der Waals surface area contributed by atoms with E-state index in [0.717, 1.165) is 0 Å². The van der Waals surface area contributed by atoms with E-state index in [2.05, 4.69) is 208 Å². The SMILES string of the molecule is Cc1ccc(C=Cc2ccc3cc4cc(-c5ccc(-c6ccc(-c7ccc8cc9cc(C=Cc%10ccc(C)cc%10)ccc9cc8c7)s6)s5)ccc4cc3c2)cc1. The molecule has 0 aliphatic rings. The Balaban J connectivity index is 0.867. The first kappa shape index (κ1) is 34.2. The molecule has 2 heteroatoms. The Morgan fingerprint density at radius 2 is 0.589 bits per heavy atom. The molecular weight excluding hydrogens is 713 g/mol. The van der Waals surface area contributed by atoms with Gasteiger partial charge in [0.1, 0.15) is 0 Å². The van der Waals surface area contributed by atoms with Gasteiger partial charge >= 0.3 is 0 Å². The van der Waals surface area contributed by atoms with Crippen molar-refractivity contribution in [3.05, 3.63) is 203 Å². The first-order valence-electron chi connectivity index (χ1n) is 19.1. The maximum absolute atomic E-state index is 2.34. The van der Waals surface area contributed by atoms with Crippen LogP contribution < -0.4 is 0 Å². The lowest BCUT2D eigenvalue weighted by Gasteiger charge is -2.06. The molecule has 0 nitrogen and oxygen atoms in total. The number of rotatable bonds is 7. The molecule has 0 amide bonds. The lowest BCUT2D eigenvalue weighted by Crippen LogP contribution is -1.80. The molecule has 8 aromatic carbocycles. The van der Waals surface area contributed by atoms with Gasteiger partial charge in [-0.1, -0.05) is 132 Å². The number of hydrogen-bond acceptors (Lipinski definition) is 2. The number of aryl methyl sites for hydroxylation is 2. The normalized spacial score (nSPS) is 12.0. The average Bonchev–Trinajstić information content (AvgIpc) is 3.93. The van der Waals surface area contributed by atoms with Gasteiger partial charge in [0.25, 0.3) is 0 Å². The van der Waals surface area contributed by atoms with Gasteiger partial charge in [-0.15, -0.1) is 22.7 Å². The molecule has 0 fully saturated rings. The summed E-state index contributed by atoms with van der Waals surface area (Å²) < 4.78 is 0. The van der Waals surface area contributed by atoms with E-state index >= 15 is 0 Å². The van der Waals surface area contributed by atoms with Crippen molar-refractivity contribution in [1.82, 2.24) is 0 Å². The van der Waals surface area contributed by atoms with Gasteiger partial charge < -0.3 is 0 Å². The summed E-state index contributed by atoms with van der Waals surface area (Å²) >= 11 is 3.74. The zero-order chi connectivity index (χ0) is 37.6. The minimum atomic E-state index is 1.21. The van der Waals surface area contributed by atoms with Crippen LogP contribution in [0.2, 0.25) is 0 Å². The van der Waals surface area contributed by atoms with Gasteiger partial charge in [0, 0.05) is 19.5 Å². The third-order valence-electron chi connectivity index (χ3n) is 10.8. The van der Waals surface area contributed by atoms with Crippen LogP contribution in [0.3, 0.4) is 0 Å². The van der Waals surface area contributed by atoms with Crippen molar-refractivity contribution < 1.29 is 0 Å². The third-order valence-corrected chi connectivity index (χ3v) is 13.2. The Hall–Kier alpha value is -6.32. The second kappa shape index (κ2) is 14.4. The highest BCUT2D eigenvalue weighted by molar-refractivity contribution is 7.25. The minimum Gasteiger partial charge on any atom is -0.134 e. The highest BCUT2D eigenvalue weighted by atomic mass is 32.1. The van der Waals surface area contributed by atoms with Crippen molar-refractivity contribution in [3.8, 4) is 30.6 Å². The summed E-state index contributed by atoms with van der Waals surface area (Å²) in [5, 5.41) is 10.1. The molecule has 266 valence electrons. The predicted octanol–water partition coefficient (Wildman–Crippen LogP) is 16.4. The van der Waals surface area contributed by atoms with Gasteiger partial charge in [0.2, 0.25) is 0 Å². The van der Waals surface area contributed by atoms with E-state index in [1.165, 1.54) is 107 Å². The first-order chi connectivity index (χ1) is 27.5. The lowest BCUT2D eigenvalue weighted by molar-refractivity contribution is 1.46. The van der Waals surface area contributed by atoms with Gasteiger partial charge in [-0.3, -0.25) is 0 Å². The Morgan fingerprint density at radius 1 is 0.268 bits per heavy atom. The van der Waals surface area contributed by atoms with Crippen LogP contribution in [0.1, 0.15) is 33.4 Å². The molecule has 2 heterocycles. The zero-order valence-corrected chi connectivity index (χ0v) is 32.9. The van der Waals surface area contributed by atoms with Crippen LogP contribution in [0.4, 0.5) is 0 Å². The molecule has 0 radical (unpaired) electrons. The van der Waals surface area contributed by atoms with E-state index in [1.54, 1.807) is 0 Å². The van der Waals surface area contributed by atoms with E-state index in [9.17, 15) is 0 Å². The summed E-state index contributed by atoms with van der Waals surface area (Å²) in [6.07, 6.45) is 8.78. The van der Waals surface area contributed by atoms with Crippen molar-refractivity contribution in [2.75, 3.05) is 0 Å². The molecule has 56 heavy (non-hydrogen) atoms. The van der Waals surface area contributed by atoms with E-state index in [0.29, 0.717) is 0 Å². The third kappa shape index (κ3) is 7.02. The van der Waals surface area contributed by atoms with Gasteiger partial charge in [-0.25, -0.2) is 0 Å². The Bertz CT molecular complexity index is 2920. The molecule has 2 aromatic heterocycles. The second-order valence-corrected chi connectivity index (χ2v) is 17.0. The van der Waals surface area contributed by atoms with Crippen molar-refractivity contribution in [3.63, 3.8) is 0 Å². The second-order valence-electron chi connectivity index (χ2n) is 14.9. The molecule has 0 unspecified atom stereocenters. The van der Waals surface area contributed by atoms with E-state index in [4.69, 9.17) is 0 Å². The fourth-order valence-electron chi connectivity index (χ4n) is 7.54. The lowest BCUT2D eigenvalue weighted by atomic mass is 9.99. The van der Waals surface area contributed by atoms with Crippen molar-refractivity contribution in [2.45, 2.75) is 13.8 Å². The van der Waals surface area contributed by atoms with E-state index in [-0.39, 0.29) is 0 Å². The zero-order valence-electron chi connectivity index (χ0n) is 31.3. The quantitative estimate of drug-likeness (QED) is 0.112. The van der Waals surface area contributed by atoms with E-state index in [1.807, 2.05) is 22.7 Å². The fraction of sp³-hybridized carbons (Fsp3) is 0.0370. The van der Waals surface area contributed by atoms with Crippen molar-refractivity contribution >= 4 is 90.1 Å². The van der Waals surface area contributed by atoms with Crippen LogP contribution in [-0.4, -0.2) is 0 Å². The summed E-state index contributed by atoms with van der Waals surface area (Å²) in [5.41, 5.74) is 9.94. The smallest absolute Gasteiger partial charge is 0.0449 e. The maximum Gasteiger partial charge on any atom is 0.0449 e. The highest BCUT2D eigenvalue weighted by Crippen LogP contribution is 2.42.